The van der Waals surface area contributed by atoms with Crippen LogP contribution < -0.4 is 10.1 Å². The van der Waals surface area contributed by atoms with Crippen LogP contribution in [0.2, 0.25) is 0 Å². The van der Waals surface area contributed by atoms with Crippen molar-refractivity contribution in [1.29, 1.82) is 0 Å². The Morgan fingerprint density at radius 1 is 1.28 bits per heavy atom. The molecule has 5 heteroatoms. The Balaban J connectivity index is 2.04. The summed E-state index contributed by atoms with van der Waals surface area (Å²) in [5.74, 6) is 0.321. The average Bonchev–Trinajstić information content (AvgIpc) is 2.38. The Bertz CT molecular complexity index is 628. The second-order valence-electron chi connectivity index (χ2n) is 3.89. The van der Waals surface area contributed by atoms with Gasteiger partial charge in [-0.2, -0.15) is 0 Å². The minimum absolute atomic E-state index is 0.00596. The molecule has 0 spiro atoms. The third-order valence-corrected chi connectivity index (χ3v) is 2.60. The Kier molecular flexibility index (Phi) is 2.44. The Hall–Kier alpha value is -2.43. The standard InChI is InChI=1S/C13H9FN2O2/c14-9-3-1-2-8(6-9)10-4-5-11-13(15-10)16-12(17)7-18-11/h1-6H,7H2,(H,15,16,17). The summed E-state index contributed by atoms with van der Waals surface area (Å²) in [6.45, 7) is -0.00596. The van der Waals surface area contributed by atoms with Crippen molar-refractivity contribution in [3.63, 3.8) is 0 Å². The molecule has 0 fully saturated rings. The van der Waals surface area contributed by atoms with E-state index in [1.165, 1.54) is 12.1 Å². The molecule has 1 aromatic carbocycles. The van der Waals surface area contributed by atoms with Crippen LogP contribution in [-0.2, 0) is 4.79 Å². The molecule has 0 radical (unpaired) electrons. The normalized spacial score (nSPS) is 13.5. The first-order chi connectivity index (χ1) is 8.72. The highest BCUT2D eigenvalue weighted by molar-refractivity contribution is 5.94. The number of anilines is 1. The van der Waals surface area contributed by atoms with Crippen LogP contribution in [0, 0.1) is 5.82 Å². The summed E-state index contributed by atoms with van der Waals surface area (Å²) in [6.07, 6.45) is 0. The number of carbonyl (C=O) groups is 1. The van der Waals surface area contributed by atoms with Crippen molar-refractivity contribution in [3.05, 3.63) is 42.2 Å². The zero-order valence-corrected chi connectivity index (χ0v) is 9.31. The van der Waals surface area contributed by atoms with Gasteiger partial charge in [0.25, 0.3) is 5.91 Å². The zero-order chi connectivity index (χ0) is 12.5. The number of hydrogen-bond donors (Lipinski definition) is 1. The molecule has 4 nitrogen and oxygen atoms in total. The molecule has 0 unspecified atom stereocenters. The number of benzene rings is 1. The molecule has 1 aliphatic rings. The summed E-state index contributed by atoms with van der Waals surface area (Å²) < 4.78 is 18.3. The highest BCUT2D eigenvalue weighted by Gasteiger charge is 2.17. The molecule has 90 valence electrons. The number of nitrogens with zero attached hydrogens (tertiary/aromatic N) is 1. The lowest BCUT2D eigenvalue weighted by molar-refractivity contribution is -0.118. The molecule has 18 heavy (non-hydrogen) atoms. The summed E-state index contributed by atoms with van der Waals surface area (Å²) in [7, 11) is 0. The largest absolute Gasteiger partial charge is 0.480 e. The predicted molar refractivity (Wildman–Crippen MR) is 63.8 cm³/mol. The molecule has 3 rings (SSSR count). The summed E-state index contributed by atoms with van der Waals surface area (Å²) in [4.78, 5) is 15.4. The van der Waals surface area contributed by atoms with E-state index >= 15 is 0 Å². The molecule has 0 bridgehead atoms. The third-order valence-electron chi connectivity index (χ3n) is 2.60. The Morgan fingerprint density at radius 3 is 3.00 bits per heavy atom. The van der Waals surface area contributed by atoms with Crippen molar-refractivity contribution in [3.8, 4) is 17.0 Å². The van der Waals surface area contributed by atoms with Crippen molar-refractivity contribution < 1.29 is 13.9 Å². The maximum atomic E-state index is 13.1. The van der Waals surface area contributed by atoms with Gasteiger partial charge < -0.3 is 10.1 Å². The first-order valence-corrected chi connectivity index (χ1v) is 5.42. The fourth-order valence-corrected chi connectivity index (χ4v) is 1.77. The molecule has 2 aromatic rings. The fraction of sp³-hybridized carbons (Fsp3) is 0.0769. The van der Waals surface area contributed by atoms with Crippen molar-refractivity contribution in [1.82, 2.24) is 4.98 Å². The van der Waals surface area contributed by atoms with Gasteiger partial charge in [-0.15, -0.1) is 0 Å². The first-order valence-electron chi connectivity index (χ1n) is 5.42. The third kappa shape index (κ3) is 1.90. The summed E-state index contributed by atoms with van der Waals surface area (Å²) in [5.41, 5.74) is 1.23. The van der Waals surface area contributed by atoms with Gasteiger partial charge in [0.2, 0.25) is 0 Å². The molecule has 1 aliphatic heterocycles. The van der Waals surface area contributed by atoms with Crippen molar-refractivity contribution in [2.45, 2.75) is 0 Å². The first kappa shape index (κ1) is 10.7. The number of pyridine rings is 1. The molecule has 0 saturated carbocycles. The van der Waals surface area contributed by atoms with Crippen LogP contribution in [0.3, 0.4) is 0 Å². The highest BCUT2D eigenvalue weighted by atomic mass is 19.1. The van der Waals surface area contributed by atoms with Crippen LogP contribution >= 0.6 is 0 Å². The Morgan fingerprint density at radius 2 is 2.17 bits per heavy atom. The van der Waals surface area contributed by atoms with Crippen molar-refractivity contribution >= 4 is 11.7 Å². The van der Waals surface area contributed by atoms with Gasteiger partial charge in [0, 0.05) is 5.56 Å². The summed E-state index contributed by atoms with van der Waals surface area (Å²) in [5, 5.41) is 2.62. The van der Waals surface area contributed by atoms with Crippen molar-refractivity contribution in [2.75, 3.05) is 11.9 Å². The van der Waals surface area contributed by atoms with Gasteiger partial charge in [-0.3, -0.25) is 4.79 Å². The number of fused-ring (bicyclic) bond motifs is 1. The fourth-order valence-electron chi connectivity index (χ4n) is 1.77. The van der Waals surface area contributed by atoms with E-state index in [2.05, 4.69) is 10.3 Å². The maximum Gasteiger partial charge on any atom is 0.263 e. The van der Waals surface area contributed by atoms with Gasteiger partial charge in [-0.1, -0.05) is 12.1 Å². The molecule has 0 atom stereocenters. The van der Waals surface area contributed by atoms with Crippen LogP contribution in [0.1, 0.15) is 0 Å². The molecule has 1 amide bonds. The number of ether oxygens (including phenoxy) is 1. The van der Waals surface area contributed by atoms with Gasteiger partial charge in [0.1, 0.15) is 5.82 Å². The number of aromatic nitrogens is 1. The topological polar surface area (TPSA) is 51.2 Å². The lowest BCUT2D eigenvalue weighted by Crippen LogP contribution is -2.26. The molecule has 0 aliphatic carbocycles. The van der Waals surface area contributed by atoms with E-state index in [0.717, 1.165) is 0 Å². The van der Waals surface area contributed by atoms with E-state index in [1.807, 2.05) is 0 Å². The molecular formula is C13H9FN2O2. The van der Waals surface area contributed by atoms with Gasteiger partial charge in [0.05, 0.1) is 5.69 Å². The summed E-state index contributed by atoms with van der Waals surface area (Å²) >= 11 is 0. The number of carbonyl (C=O) groups excluding carboxylic acids is 1. The van der Waals surface area contributed by atoms with Crippen LogP contribution in [0.15, 0.2) is 36.4 Å². The second-order valence-corrected chi connectivity index (χ2v) is 3.89. The number of amides is 1. The van der Waals surface area contributed by atoms with E-state index in [-0.39, 0.29) is 18.3 Å². The van der Waals surface area contributed by atoms with Gasteiger partial charge >= 0.3 is 0 Å². The minimum Gasteiger partial charge on any atom is -0.480 e. The van der Waals surface area contributed by atoms with Crippen LogP contribution in [-0.4, -0.2) is 17.5 Å². The number of rotatable bonds is 1. The maximum absolute atomic E-state index is 13.1. The number of nitrogens with one attached hydrogen (secondary N) is 1. The smallest absolute Gasteiger partial charge is 0.263 e. The lowest BCUT2D eigenvalue weighted by Gasteiger charge is -2.17. The van der Waals surface area contributed by atoms with E-state index in [1.54, 1.807) is 24.3 Å². The predicted octanol–water partition coefficient (Wildman–Crippen LogP) is 2.22. The van der Waals surface area contributed by atoms with Gasteiger partial charge in [0.15, 0.2) is 18.2 Å². The average molecular weight is 244 g/mol. The second kappa shape index (κ2) is 4.10. The van der Waals surface area contributed by atoms with E-state index in [4.69, 9.17) is 4.74 Å². The van der Waals surface area contributed by atoms with Crippen LogP contribution in [0.25, 0.3) is 11.3 Å². The minimum atomic E-state index is -0.327. The number of hydrogen-bond acceptors (Lipinski definition) is 3. The van der Waals surface area contributed by atoms with Crippen LogP contribution in [0.4, 0.5) is 10.2 Å². The molecule has 1 aromatic heterocycles. The van der Waals surface area contributed by atoms with Gasteiger partial charge in [-0.05, 0) is 24.3 Å². The quantitative estimate of drug-likeness (QED) is 0.836. The summed E-state index contributed by atoms with van der Waals surface area (Å²) in [6, 6.07) is 9.56. The SMILES string of the molecule is O=C1COc2ccc(-c3cccc(F)c3)nc2N1. The molecule has 2 heterocycles. The molecular weight excluding hydrogens is 235 g/mol. The number of halogens is 1. The lowest BCUT2D eigenvalue weighted by atomic mass is 10.1. The van der Waals surface area contributed by atoms with Gasteiger partial charge in [-0.25, -0.2) is 9.37 Å². The molecule has 0 saturated heterocycles. The van der Waals surface area contributed by atoms with E-state index in [9.17, 15) is 9.18 Å². The molecule has 1 N–H and O–H groups in total. The zero-order valence-electron chi connectivity index (χ0n) is 9.31. The monoisotopic (exact) mass is 244 g/mol. The Labute approximate surface area is 102 Å². The van der Waals surface area contributed by atoms with Crippen molar-refractivity contribution in [2.24, 2.45) is 0 Å². The highest BCUT2D eigenvalue weighted by Crippen LogP contribution is 2.29. The van der Waals surface area contributed by atoms with E-state index < -0.39 is 0 Å². The van der Waals surface area contributed by atoms with Crippen LogP contribution in [0.5, 0.6) is 5.75 Å². The van der Waals surface area contributed by atoms with E-state index in [0.29, 0.717) is 22.8 Å².